The predicted molar refractivity (Wildman–Crippen MR) is 93.7 cm³/mol. The average Bonchev–Trinajstić information content (AvgIpc) is 2.61. The number of aromatic nitrogens is 2. The average molecular weight is 345 g/mol. The molecule has 0 bridgehead atoms. The summed E-state index contributed by atoms with van der Waals surface area (Å²) in [5.74, 6) is 0.170. The van der Waals surface area contributed by atoms with Gasteiger partial charge < -0.3 is 15.1 Å². The predicted octanol–water partition coefficient (Wildman–Crippen LogP) is 1.72. The van der Waals surface area contributed by atoms with Gasteiger partial charge in [-0.3, -0.25) is 14.8 Å². The van der Waals surface area contributed by atoms with E-state index in [1.54, 1.807) is 12.4 Å². The molecule has 0 aliphatic carbocycles. The molecule has 1 aromatic heterocycles. The molecular formula is C18H27N5O2. The lowest BCUT2D eigenvalue weighted by Crippen LogP contribution is -2.56. The number of carbonyl (C=O) groups is 2. The molecule has 2 aliphatic heterocycles. The Labute approximate surface area is 148 Å². The number of aryl methyl sites for hydroxylation is 1. The third-order valence-electron chi connectivity index (χ3n) is 5.21. The molecule has 2 fully saturated rings. The van der Waals surface area contributed by atoms with Crippen LogP contribution in [-0.4, -0.2) is 57.9 Å². The molecule has 136 valence electrons. The highest BCUT2D eigenvalue weighted by Gasteiger charge is 2.42. The van der Waals surface area contributed by atoms with E-state index in [9.17, 15) is 9.59 Å². The minimum atomic E-state index is 0.00873. The fourth-order valence-corrected chi connectivity index (χ4v) is 3.92. The highest BCUT2D eigenvalue weighted by molar-refractivity contribution is 5.77. The van der Waals surface area contributed by atoms with Crippen molar-refractivity contribution >= 4 is 11.9 Å². The van der Waals surface area contributed by atoms with Gasteiger partial charge in [0.25, 0.3) is 0 Å². The monoisotopic (exact) mass is 345 g/mol. The molecule has 1 spiro atoms. The molecule has 1 aromatic rings. The molecule has 25 heavy (non-hydrogen) atoms. The molecule has 3 heterocycles. The number of urea groups is 1. The molecule has 7 heteroatoms. The molecule has 0 radical (unpaired) electrons. The molecule has 0 aromatic carbocycles. The molecule has 3 rings (SSSR count). The summed E-state index contributed by atoms with van der Waals surface area (Å²) >= 11 is 0. The van der Waals surface area contributed by atoms with Gasteiger partial charge in [0.05, 0.1) is 24.1 Å². The second-order valence-corrected chi connectivity index (χ2v) is 7.26. The Balaban J connectivity index is 1.69. The molecule has 0 saturated carbocycles. The first-order chi connectivity index (χ1) is 12.0. The lowest BCUT2D eigenvalue weighted by atomic mass is 9.73. The lowest BCUT2D eigenvalue weighted by molar-refractivity contribution is -0.139. The first kappa shape index (κ1) is 17.6. The van der Waals surface area contributed by atoms with Crippen molar-refractivity contribution in [3.05, 3.63) is 23.8 Å². The van der Waals surface area contributed by atoms with Gasteiger partial charge in [0, 0.05) is 44.2 Å². The van der Waals surface area contributed by atoms with E-state index in [0.29, 0.717) is 26.1 Å². The van der Waals surface area contributed by atoms with E-state index < -0.39 is 0 Å². The van der Waals surface area contributed by atoms with Gasteiger partial charge in [-0.15, -0.1) is 0 Å². The number of carbonyl (C=O) groups excluding carboxylic acids is 2. The Hall–Kier alpha value is -2.18. The second kappa shape index (κ2) is 7.37. The first-order valence-corrected chi connectivity index (χ1v) is 9.09. The van der Waals surface area contributed by atoms with E-state index in [1.165, 1.54) is 0 Å². The van der Waals surface area contributed by atoms with Gasteiger partial charge in [0.1, 0.15) is 0 Å². The third kappa shape index (κ3) is 4.08. The van der Waals surface area contributed by atoms with Gasteiger partial charge in [0.2, 0.25) is 5.91 Å². The Morgan fingerprint density at radius 2 is 2.12 bits per heavy atom. The van der Waals surface area contributed by atoms with Crippen LogP contribution in [0.15, 0.2) is 12.4 Å². The van der Waals surface area contributed by atoms with Crippen LogP contribution in [0.5, 0.6) is 0 Å². The van der Waals surface area contributed by atoms with Gasteiger partial charge in [-0.05, 0) is 33.1 Å². The normalized spacial score (nSPS) is 23.8. The van der Waals surface area contributed by atoms with E-state index in [2.05, 4.69) is 15.3 Å². The van der Waals surface area contributed by atoms with Gasteiger partial charge in [-0.1, -0.05) is 0 Å². The van der Waals surface area contributed by atoms with Crippen LogP contribution in [0.4, 0.5) is 4.79 Å². The van der Waals surface area contributed by atoms with Crippen molar-refractivity contribution in [3.8, 4) is 0 Å². The topological polar surface area (TPSA) is 78.4 Å². The fraction of sp³-hybridized carbons (Fsp3) is 0.667. The lowest BCUT2D eigenvalue weighted by Gasteiger charge is -2.48. The SMILES string of the molecule is CCNC(=O)N1CCCC2(CCC(=O)N(Cc3cnc(C)cn3)C2)C1. The number of nitrogens with zero attached hydrogens (tertiary/aromatic N) is 4. The van der Waals surface area contributed by atoms with Crippen molar-refractivity contribution in [2.24, 2.45) is 5.41 Å². The molecule has 1 unspecified atom stereocenters. The van der Waals surface area contributed by atoms with Gasteiger partial charge in [-0.25, -0.2) is 4.79 Å². The molecule has 7 nitrogen and oxygen atoms in total. The van der Waals surface area contributed by atoms with Crippen LogP contribution < -0.4 is 5.32 Å². The van der Waals surface area contributed by atoms with Crippen LogP contribution in [0.2, 0.25) is 0 Å². The zero-order chi connectivity index (χ0) is 17.9. The maximum atomic E-state index is 12.4. The van der Waals surface area contributed by atoms with Crippen molar-refractivity contribution in [1.82, 2.24) is 25.1 Å². The smallest absolute Gasteiger partial charge is 0.317 e. The summed E-state index contributed by atoms with van der Waals surface area (Å²) in [5, 5.41) is 2.89. The Morgan fingerprint density at radius 3 is 2.84 bits per heavy atom. The Kier molecular flexibility index (Phi) is 5.20. The molecule has 2 aliphatic rings. The van der Waals surface area contributed by atoms with E-state index in [1.807, 2.05) is 23.6 Å². The van der Waals surface area contributed by atoms with E-state index in [-0.39, 0.29) is 17.4 Å². The number of hydrogen-bond donors (Lipinski definition) is 1. The Morgan fingerprint density at radius 1 is 1.28 bits per heavy atom. The Bertz CT molecular complexity index is 633. The van der Waals surface area contributed by atoms with Gasteiger partial charge >= 0.3 is 6.03 Å². The summed E-state index contributed by atoms with van der Waals surface area (Å²) in [5.41, 5.74) is 1.69. The quantitative estimate of drug-likeness (QED) is 0.905. The van der Waals surface area contributed by atoms with Crippen LogP contribution >= 0.6 is 0 Å². The fourth-order valence-electron chi connectivity index (χ4n) is 3.92. The summed E-state index contributed by atoms with van der Waals surface area (Å²) in [6.45, 7) is 7.18. The van der Waals surface area contributed by atoms with Gasteiger partial charge in [0.15, 0.2) is 0 Å². The maximum Gasteiger partial charge on any atom is 0.317 e. The first-order valence-electron chi connectivity index (χ1n) is 9.09. The summed E-state index contributed by atoms with van der Waals surface area (Å²) in [6, 6.07) is 0.00873. The van der Waals surface area contributed by atoms with Crippen molar-refractivity contribution in [2.45, 2.75) is 46.1 Å². The highest BCUT2D eigenvalue weighted by atomic mass is 16.2. The standard InChI is InChI=1S/C18H27N5O2/c1-3-19-17(25)22-8-4-6-18(12-22)7-5-16(24)23(13-18)11-15-10-20-14(2)9-21-15/h9-10H,3-8,11-13H2,1-2H3,(H,19,25). The summed E-state index contributed by atoms with van der Waals surface area (Å²) in [7, 11) is 0. The molecular weight excluding hydrogens is 318 g/mol. The summed E-state index contributed by atoms with van der Waals surface area (Å²) in [6.07, 6.45) is 6.93. The number of amides is 3. The van der Waals surface area contributed by atoms with Crippen LogP contribution in [0.3, 0.4) is 0 Å². The number of likely N-dealkylation sites (tertiary alicyclic amines) is 2. The van der Waals surface area contributed by atoms with Gasteiger partial charge in [-0.2, -0.15) is 0 Å². The van der Waals surface area contributed by atoms with Crippen molar-refractivity contribution in [1.29, 1.82) is 0 Å². The third-order valence-corrected chi connectivity index (χ3v) is 5.21. The van der Waals surface area contributed by atoms with E-state index >= 15 is 0 Å². The highest BCUT2D eigenvalue weighted by Crippen LogP contribution is 2.39. The minimum Gasteiger partial charge on any atom is -0.338 e. The van der Waals surface area contributed by atoms with Crippen LogP contribution in [0, 0.1) is 12.3 Å². The minimum absolute atomic E-state index is 0.00873. The van der Waals surface area contributed by atoms with Crippen LogP contribution in [0.1, 0.15) is 44.0 Å². The van der Waals surface area contributed by atoms with Crippen LogP contribution in [0.25, 0.3) is 0 Å². The van der Waals surface area contributed by atoms with Crippen molar-refractivity contribution in [3.63, 3.8) is 0 Å². The van der Waals surface area contributed by atoms with E-state index in [4.69, 9.17) is 0 Å². The zero-order valence-corrected chi connectivity index (χ0v) is 15.1. The zero-order valence-electron chi connectivity index (χ0n) is 15.1. The van der Waals surface area contributed by atoms with Crippen molar-refractivity contribution < 1.29 is 9.59 Å². The number of nitrogens with one attached hydrogen (secondary N) is 1. The summed E-state index contributed by atoms with van der Waals surface area (Å²) in [4.78, 5) is 37.1. The number of piperidine rings is 2. The summed E-state index contributed by atoms with van der Waals surface area (Å²) < 4.78 is 0. The molecule has 1 atom stereocenters. The number of hydrogen-bond acceptors (Lipinski definition) is 4. The van der Waals surface area contributed by atoms with Crippen LogP contribution in [-0.2, 0) is 11.3 Å². The molecule has 1 N–H and O–H groups in total. The number of rotatable bonds is 3. The van der Waals surface area contributed by atoms with E-state index in [0.717, 1.165) is 43.7 Å². The largest absolute Gasteiger partial charge is 0.338 e. The molecule has 2 saturated heterocycles. The van der Waals surface area contributed by atoms with Crippen molar-refractivity contribution in [2.75, 3.05) is 26.2 Å². The molecule has 3 amide bonds. The second-order valence-electron chi connectivity index (χ2n) is 7.26. The maximum absolute atomic E-state index is 12.4.